The molecule has 21 heavy (non-hydrogen) atoms. The lowest BCUT2D eigenvalue weighted by molar-refractivity contribution is -0.130. The molecule has 1 amide bonds. The van der Waals surface area contributed by atoms with Crippen molar-refractivity contribution in [2.45, 2.75) is 32.6 Å². The summed E-state index contributed by atoms with van der Waals surface area (Å²) in [5, 5.41) is 0. The van der Waals surface area contributed by atoms with E-state index in [4.69, 9.17) is 4.42 Å². The number of oxazole rings is 1. The minimum Gasteiger partial charge on any atom is -0.441 e. The number of carbonyl (C=O) groups is 1. The van der Waals surface area contributed by atoms with Gasteiger partial charge in [-0.15, -0.1) is 0 Å². The van der Waals surface area contributed by atoms with Crippen LogP contribution >= 0.6 is 0 Å². The molecule has 0 unspecified atom stereocenters. The Kier molecular flexibility index (Phi) is 5.55. The van der Waals surface area contributed by atoms with Crippen molar-refractivity contribution in [3.05, 3.63) is 42.4 Å². The molecule has 1 heterocycles. The quantitative estimate of drug-likeness (QED) is 0.782. The van der Waals surface area contributed by atoms with Crippen LogP contribution < -0.4 is 0 Å². The van der Waals surface area contributed by atoms with Gasteiger partial charge in [0.1, 0.15) is 0 Å². The largest absolute Gasteiger partial charge is 0.441 e. The number of amides is 1. The van der Waals surface area contributed by atoms with E-state index in [1.54, 1.807) is 11.1 Å². The second-order valence-corrected chi connectivity index (χ2v) is 5.15. The molecule has 4 nitrogen and oxygen atoms in total. The van der Waals surface area contributed by atoms with Crippen molar-refractivity contribution >= 4 is 5.91 Å². The summed E-state index contributed by atoms with van der Waals surface area (Å²) in [6.07, 6.45) is 4.84. The van der Waals surface area contributed by atoms with Crippen molar-refractivity contribution < 1.29 is 9.21 Å². The first-order valence-corrected chi connectivity index (χ1v) is 7.44. The molecule has 1 aromatic heterocycles. The fourth-order valence-electron chi connectivity index (χ4n) is 2.09. The summed E-state index contributed by atoms with van der Waals surface area (Å²) in [6.45, 7) is 2.94. The minimum absolute atomic E-state index is 0.142. The molecule has 0 saturated heterocycles. The van der Waals surface area contributed by atoms with E-state index in [9.17, 15) is 4.79 Å². The molecule has 0 atom stereocenters. The molecule has 0 saturated carbocycles. The maximum absolute atomic E-state index is 12.0. The first kappa shape index (κ1) is 15.3. The summed E-state index contributed by atoms with van der Waals surface area (Å²) in [5.74, 6) is 1.51. The van der Waals surface area contributed by atoms with Crippen molar-refractivity contribution in [3.63, 3.8) is 0 Å². The predicted molar refractivity (Wildman–Crippen MR) is 82.8 cm³/mol. The zero-order valence-electron chi connectivity index (χ0n) is 12.7. The summed E-state index contributed by atoms with van der Waals surface area (Å²) in [5.41, 5.74) is 1.00. The Labute approximate surface area is 125 Å². The van der Waals surface area contributed by atoms with E-state index < -0.39 is 0 Å². The van der Waals surface area contributed by atoms with Gasteiger partial charge < -0.3 is 9.32 Å². The van der Waals surface area contributed by atoms with Gasteiger partial charge in [-0.05, 0) is 6.42 Å². The summed E-state index contributed by atoms with van der Waals surface area (Å²) in [6, 6.07) is 9.85. The molecular weight excluding hydrogens is 264 g/mol. The zero-order valence-corrected chi connectivity index (χ0v) is 12.7. The molecule has 2 aromatic rings. The summed E-state index contributed by atoms with van der Waals surface area (Å²) < 4.78 is 5.70. The Morgan fingerprint density at radius 3 is 2.76 bits per heavy atom. The Balaban J connectivity index is 1.87. The first-order chi connectivity index (χ1) is 10.2. The van der Waals surface area contributed by atoms with Crippen LogP contribution in [-0.4, -0.2) is 29.4 Å². The first-order valence-electron chi connectivity index (χ1n) is 7.44. The van der Waals surface area contributed by atoms with Crippen LogP contribution in [0.3, 0.4) is 0 Å². The van der Waals surface area contributed by atoms with Crippen LogP contribution in [0.15, 0.2) is 40.9 Å². The molecule has 4 heteroatoms. The third kappa shape index (κ3) is 4.45. The highest BCUT2D eigenvalue weighted by molar-refractivity contribution is 5.76. The van der Waals surface area contributed by atoms with Crippen molar-refractivity contribution in [1.29, 1.82) is 0 Å². The molecule has 0 spiro atoms. The predicted octanol–water partition coefficient (Wildman–Crippen LogP) is 3.53. The van der Waals surface area contributed by atoms with Crippen LogP contribution in [0.2, 0.25) is 0 Å². The number of unbranched alkanes of at least 4 members (excludes halogenated alkanes) is 1. The normalized spacial score (nSPS) is 10.6. The van der Waals surface area contributed by atoms with Gasteiger partial charge in [0, 0.05) is 32.0 Å². The minimum atomic E-state index is 0.142. The summed E-state index contributed by atoms with van der Waals surface area (Å²) >= 11 is 0. The molecule has 0 aliphatic rings. The monoisotopic (exact) mass is 286 g/mol. The summed E-state index contributed by atoms with van der Waals surface area (Å²) in [4.78, 5) is 18.0. The van der Waals surface area contributed by atoms with E-state index in [0.717, 1.165) is 30.7 Å². The maximum atomic E-state index is 12.0. The highest BCUT2D eigenvalue weighted by Crippen LogP contribution is 2.20. The van der Waals surface area contributed by atoms with Gasteiger partial charge in [-0.2, -0.15) is 0 Å². The van der Waals surface area contributed by atoms with Gasteiger partial charge in [0.25, 0.3) is 0 Å². The number of rotatable bonds is 7. The van der Waals surface area contributed by atoms with Crippen molar-refractivity contribution in [2.75, 3.05) is 13.6 Å². The zero-order chi connectivity index (χ0) is 15.1. The van der Waals surface area contributed by atoms with E-state index in [1.807, 2.05) is 37.4 Å². The number of carbonyl (C=O) groups excluding carboxylic acids is 1. The number of aryl methyl sites for hydroxylation is 1. The second-order valence-electron chi connectivity index (χ2n) is 5.15. The van der Waals surface area contributed by atoms with Gasteiger partial charge in [0.2, 0.25) is 5.91 Å². The fraction of sp³-hybridized carbons (Fsp3) is 0.412. The van der Waals surface area contributed by atoms with Crippen molar-refractivity contribution in [1.82, 2.24) is 9.88 Å². The number of hydrogen-bond acceptors (Lipinski definition) is 3. The number of hydrogen-bond donors (Lipinski definition) is 0. The van der Waals surface area contributed by atoms with Crippen molar-refractivity contribution in [3.8, 4) is 11.3 Å². The number of benzene rings is 1. The molecule has 0 aliphatic heterocycles. The van der Waals surface area contributed by atoms with Crippen molar-refractivity contribution in [2.24, 2.45) is 0 Å². The van der Waals surface area contributed by atoms with E-state index >= 15 is 0 Å². The van der Waals surface area contributed by atoms with Crippen LogP contribution in [0.1, 0.15) is 32.1 Å². The molecule has 1 aromatic carbocycles. The molecular formula is C17H22N2O2. The third-order valence-corrected chi connectivity index (χ3v) is 3.44. The summed E-state index contributed by atoms with van der Waals surface area (Å²) in [7, 11) is 1.85. The highest BCUT2D eigenvalue weighted by Gasteiger charge is 2.11. The van der Waals surface area contributed by atoms with Crippen LogP contribution in [-0.2, 0) is 11.2 Å². The fourth-order valence-corrected chi connectivity index (χ4v) is 2.09. The number of nitrogens with zero attached hydrogens (tertiary/aromatic N) is 2. The van der Waals surface area contributed by atoms with E-state index in [1.165, 1.54) is 0 Å². The molecule has 2 rings (SSSR count). The lowest BCUT2D eigenvalue weighted by atomic mass is 10.2. The van der Waals surface area contributed by atoms with E-state index in [2.05, 4.69) is 11.9 Å². The molecule has 0 radical (unpaired) electrons. The standard InChI is InChI=1S/C17H22N2O2/c1-3-4-12-19(2)17(20)11-10-16-18-13-15(21-16)14-8-6-5-7-9-14/h5-9,13H,3-4,10-12H2,1-2H3. The smallest absolute Gasteiger partial charge is 0.222 e. The molecule has 0 aliphatic carbocycles. The Hall–Kier alpha value is -2.10. The van der Waals surface area contributed by atoms with Crippen LogP contribution in [0.4, 0.5) is 0 Å². The lowest BCUT2D eigenvalue weighted by Crippen LogP contribution is -2.27. The Morgan fingerprint density at radius 2 is 2.05 bits per heavy atom. The molecule has 112 valence electrons. The van der Waals surface area contributed by atoms with Gasteiger partial charge in [-0.3, -0.25) is 4.79 Å². The highest BCUT2D eigenvalue weighted by atomic mass is 16.4. The van der Waals surface area contributed by atoms with Crippen LogP contribution in [0, 0.1) is 0 Å². The molecule has 0 fully saturated rings. The second kappa shape index (κ2) is 7.62. The number of aromatic nitrogens is 1. The van der Waals surface area contributed by atoms with Gasteiger partial charge in [-0.1, -0.05) is 43.7 Å². The SMILES string of the molecule is CCCCN(C)C(=O)CCc1ncc(-c2ccccc2)o1. The van der Waals surface area contributed by atoms with Gasteiger partial charge >= 0.3 is 0 Å². The van der Waals surface area contributed by atoms with Crippen LogP contribution in [0.25, 0.3) is 11.3 Å². The average molecular weight is 286 g/mol. The van der Waals surface area contributed by atoms with E-state index in [-0.39, 0.29) is 5.91 Å². The molecule has 0 N–H and O–H groups in total. The maximum Gasteiger partial charge on any atom is 0.222 e. The van der Waals surface area contributed by atoms with Gasteiger partial charge in [0.05, 0.1) is 6.20 Å². The van der Waals surface area contributed by atoms with Gasteiger partial charge in [0.15, 0.2) is 11.7 Å². The van der Waals surface area contributed by atoms with E-state index in [0.29, 0.717) is 18.7 Å². The molecule has 0 bridgehead atoms. The Bertz CT molecular complexity index is 563. The Morgan fingerprint density at radius 1 is 1.29 bits per heavy atom. The van der Waals surface area contributed by atoms with Crippen LogP contribution in [0.5, 0.6) is 0 Å². The topological polar surface area (TPSA) is 46.3 Å². The lowest BCUT2D eigenvalue weighted by Gasteiger charge is -2.15. The van der Waals surface area contributed by atoms with Gasteiger partial charge in [-0.25, -0.2) is 4.98 Å². The third-order valence-electron chi connectivity index (χ3n) is 3.44. The average Bonchev–Trinajstić information content (AvgIpc) is 3.00.